The van der Waals surface area contributed by atoms with Crippen molar-refractivity contribution in [3.05, 3.63) is 12.1 Å². The van der Waals surface area contributed by atoms with Crippen LogP contribution in [0, 0.1) is 16.9 Å². The van der Waals surface area contributed by atoms with Crippen molar-refractivity contribution in [2.24, 2.45) is 16.4 Å². The van der Waals surface area contributed by atoms with Crippen LogP contribution in [0.1, 0.15) is 67.2 Å². The second-order valence-corrected chi connectivity index (χ2v) is 9.90. The summed E-state index contributed by atoms with van der Waals surface area (Å²) < 4.78 is 7.09. The molecule has 2 aromatic rings. The van der Waals surface area contributed by atoms with Crippen LogP contribution in [-0.4, -0.2) is 24.7 Å². The highest BCUT2D eigenvalue weighted by atomic mass is 32.1. The molecule has 1 aromatic carbocycles. The van der Waals surface area contributed by atoms with E-state index in [1.54, 1.807) is 11.3 Å². The van der Waals surface area contributed by atoms with Crippen molar-refractivity contribution in [2.45, 2.75) is 67.2 Å². The van der Waals surface area contributed by atoms with Crippen molar-refractivity contribution < 1.29 is 4.74 Å². The molecule has 156 valence electrons. The number of thiazole rings is 1. The summed E-state index contributed by atoms with van der Waals surface area (Å²) in [6.07, 6.45) is 4.37. The summed E-state index contributed by atoms with van der Waals surface area (Å²) in [7, 11) is 0. The van der Waals surface area contributed by atoms with E-state index in [1.165, 1.54) is 6.42 Å². The summed E-state index contributed by atoms with van der Waals surface area (Å²) in [5, 5.41) is 4.74. The van der Waals surface area contributed by atoms with Crippen molar-refractivity contribution in [1.29, 1.82) is 5.53 Å². The van der Waals surface area contributed by atoms with Gasteiger partial charge in [-0.1, -0.05) is 52.9 Å². The third-order valence-corrected chi connectivity index (χ3v) is 5.74. The fraction of sp³-hybridized carbons (Fsp3) is 0.682. The van der Waals surface area contributed by atoms with Crippen LogP contribution in [0.2, 0.25) is 0 Å². The van der Waals surface area contributed by atoms with Gasteiger partial charge in [0.2, 0.25) is 0 Å². The third kappa shape index (κ3) is 6.43. The first-order chi connectivity index (χ1) is 13.3. The number of hydrogen-bond acceptors (Lipinski definition) is 6. The summed E-state index contributed by atoms with van der Waals surface area (Å²) in [4.78, 5) is 7.18. The Balaban J connectivity index is 2.14. The first-order valence-electron chi connectivity index (χ1n) is 10.5. The number of ether oxygens (including phenoxy) is 1. The number of rotatable bonds is 11. The van der Waals surface area contributed by atoms with Gasteiger partial charge in [0.25, 0.3) is 0 Å². The molecule has 1 unspecified atom stereocenters. The van der Waals surface area contributed by atoms with Crippen molar-refractivity contribution >= 4 is 32.4 Å². The number of benzene rings is 1. The fourth-order valence-corrected chi connectivity index (χ4v) is 4.66. The van der Waals surface area contributed by atoms with Crippen LogP contribution >= 0.6 is 11.3 Å². The molecule has 0 radical (unpaired) electrons. The quantitative estimate of drug-likeness (QED) is 0.396. The summed E-state index contributed by atoms with van der Waals surface area (Å²) >= 11 is 1.67. The molecule has 0 saturated carbocycles. The number of fused-ring (bicyclic) bond motifs is 1. The Hall–Kier alpha value is -1.69. The molecule has 1 atom stereocenters. The zero-order valence-electron chi connectivity index (χ0n) is 18.3. The first-order valence-corrected chi connectivity index (χ1v) is 11.3. The number of nitrogens with zero attached hydrogens (tertiary/aromatic N) is 3. The average molecular weight is 405 g/mol. The number of aromatic nitrogens is 1. The molecule has 0 aliphatic rings. The van der Waals surface area contributed by atoms with E-state index in [1.807, 2.05) is 12.1 Å². The highest BCUT2D eigenvalue weighted by molar-refractivity contribution is 7.22. The van der Waals surface area contributed by atoms with Gasteiger partial charge in [0.1, 0.15) is 11.4 Å². The molecule has 0 spiro atoms. The minimum atomic E-state index is 0.333. The van der Waals surface area contributed by atoms with Crippen molar-refractivity contribution in [3.8, 4) is 5.75 Å². The normalized spacial score (nSPS) is 12.9. The lowest BCUT2D eigenvalue weighted by atomic mass is 9.84. The molecular formula is C22H36N4OS. The second-order valence-electron chi connectivity index (χ2n) is 8.89. The largest absolute Gasteiger partial charge is 0.491 e. The lowest BCUT2D eigenvalue weighted by Gasteiger charge is -2.23. The van der Waals surface area contributed by atoms with Gasteiger partial charge in [-0.25, -0.2) is 10.5 Å². The fourth-order valence-electron chi connectivity index (χ4n) is 3.63. The molecule has 1 N–H and O–H groups in total. The number of anilines is 1. The van der Waals surface area contributed by atoms with E-state index < -0.39 is 0 Å². The molecule has 1 aromatic heterocycles. The standard InChI is InChI=1S/C22H36N4OS/c1-7-10-26(11-8-2)21-24-18-13-19(17(25-23)14-20(18)28-21)27-12-9-16(3)15-22(4,5)6/h13-14,16,23H,7-12,15H2,1-6H3. The zero-order valence-corrected chi connectivity index (χ0v) is 19.2. The molecule has 0 amide bonds. The van der Waals surface area contributed by atoms with Crippen molar-refractivity contribution in [2.75, 3.05) is 24.6 Å². The molecule has 0 saturated heterocycles. The SMILES string of the molecule is CCCN(CCC)c1nc2cc(OCCC(C)CC(C)(C)C)c(N=N)cc2s1. The van der Waals surface area contributed by atoms with Gasteiger partial charge >= 0.3 is 0 Å². The van der Waals surface area contributed by atoms with Gasteiger partial charge in [0.05, 0.1) is 16.8 Å². The van der Waals surface area contributed by atoms with Gasteiger partial charge in [-0.3, -0.25) is 0 Å². The summed E-state index contributed by atoms with van der Waals surface area (Å²) in [5.74, 6) is 1.27. The monoisotopic (exact) mass is 404 g/mol. The van der Waals surface area contributed by atoms with Gasteiger partial charge in [-0.05, 0) is 43.1 Å². The molecule has 5 nitrogen and oxygen atoms in total. The smallest absolute Gasteiger partial charge is 0.186 e. The Morgan fingerprint density at radius 3 is 2.46 bits per heavy atom. The number of hydrogen-bond donors (Lipinski definition) is 1. The van der Waals surface area contributed by atoms with E-state index in [0.29, 0.717) is 29.4 Å². The molecular weight excluding hydrogens is 368 g/mol. The highest BCUT2D eigenvalue weighted by Crippen LogP contribution is 2.38. The predicted molar refractivity (Wildman–Crippen MR) is 121 cm³/mol. The Bertz CT molecular complexity index is 760. The van der Waals surface area contributed by atoms with Crippen LogP contribution in [0.25, 0.3) is 10.2 Å². The van der Waals surface area contributed by atoms with Crippen molar-refractivity contribution in [3.63, 3.8) is 0 Å². The minimum Gasteiger partial charge on any atom is -0.491 e. The summed E-state index contributed by atoms with van der Waals surface area (Å²) in [5.41, 5.74) is 9.39. The van der Waals surface area contributed by atoms with Crippen molar-refractivity contribution in [1.82, 2.24) is 4.98 Å². The van der Waals surface area contributed by atoms with Crippen LogP contribution in [0.5, 0.6) is 5.75 Å². The Morgan fingerprint density at radius 1 is 1.21 bits per heavy atom. The van der Waals surface area contributed by atoms with Crippen LogP contribution in [0.4, 0.5) is 10.8 Å². The van der Waals surface area contributed by atoms with E-state index >= 15 is 0 Å². The van der Waals surface area contributed by atoms with Gasteiger partial charge in [0, 0.05) is 19.2 Å². The van der Waals surface area contributed by atoms with E-state index in [9.17, 15) is 0 Å². The highest BCUT2D eigenvalue weighted by Gasteiger charge is 2.17. The van der Waals surface area contributed by atoms with Crippen LogP contribution in [0.15, 0.2) is 17.2 Å². The Labute approximate surface area is 174 Å². The second kappa shape index (κ2) is 10.2. The van der Waals surface area contributed by atoms with Crippen LogP contribution in [0.3, 0.4) is 0 Å². The molecule has 28 heavy (non-hydrogen) atoms. The molecule has 1 heterocycles. The summed E-state index contributed by atoms with van der Waals surface area (Å²) in [6.45, 7) is 16.1. The van der Waals surface area contributed by atoms with E-state index in [-0.39, 0.29) is 0 Å². The summed E-state index contributed by atoms with van der Waals surface area (Å²) in [6, 6.07) is 3.89. The van der Waals surface area contributed by atoms with E-state index in [2.05, 4.69) is 51.6 Å². The van der Waals surface area contributed by atoms with E-state index in [4.69, 9.17) is 15.3 Å². The molecule has 6 heteroatoms. The van der Waals surface area contributed by atoms with Crippen LogP contribution < -0.4 is 9.64 Å². The lowest BCUT2D eigenvalue weighted by molar-refractivity contribution is 0.241. The van der Waals surface area contributed by atoms with Gasteiger partial charge in [-0.2, -0.15) is 5.11 Å². The molecule has 0 bridgehead atoms. The molecule has 2 rings (SSSR count). The number of nitrogens with one attached hydrogen (secondary N) is 1. The Kier molecular flexibility index (Phi) is 8.23. The Morgan fingerprint density at radius 2 is 1.89 bits per heavy atom. The van der Waals surface area contributed by atoms with Gasteiger partial charge in [-0.15, -0.1) is 0 Å². The maximum atomic E-state index is 7.54. The maximum Gasteiger partial charge on any atom is 0.186 e. The molecule has 0 aliphatic heterocycles. The topological polar surface area (TPSA) is 61.6 Å². The lowest BCUT2D eigenvalue weighted by Crippen LogP contribution is -2.24. The molecule has 0 aliphatic carbocycles. The van der Waals surface area contributed by atoms with Gasteiger partial charge < -0.3 is 9.64 Å². The minimum absolute atomic E-state index is 0.333. The average Bonchev–Trinajstić information content (AvgIpc) is 3.02. The predicted octanol–water partition coefficient (Wildman–Crippen LogP) is 7.43. The molecule has 0 fully saturated rings. The zero-order chi connectivity index (χ0) is 20.7. The van der Waals surface area contributed by atoms with Gasteiger partial charge in [0.15, 0.2) is 5.13 Å². The maximum absolute atomic E-state index is 7.54. The first kappa shape index (κ1) is 22.6. The third-order valence-electron chi connectivity index (χ3n) is 4.66. The van der Waals surface area contributed by atoms with E-state index in [0.717, 1.165) is 47.7 Å². The van der Waals surface area contributed by atoms with Crippen LogP contribution in [-0.2, 0) is 0 Å².